The van der Waals surface area contributed by atoms with Crippen LogP contribution in [-0.2, 0) is 16.4 Å². The molecule has 0 aromatic heterocycles. The number of hydrogen-bond donors (Lipinski definition) is 0. The number of hydrogen-bond acceptors (Lipinski definition) is 4. The van der Waals surface area contributed by atoms with Gasteiger partial charge in [0.1, 0.15) is 11.6 Å². The van der Waals surface area contributed by atoms with Gasteiger partial charge in [-0.1, -0.05) is 24.3 Å². The van der Waals surface area contributed by atoms with Gasteiger partial charge in [-0.3, -0.25) is 4.79 Å². The number of ether oxygens (including phenoxy) is 1. The topological polar surface area (TPSA) is 63.7 Å². The molecule has 0 spiro atoms. The van der Waals surface area contributed by atoms with Crippen LogP contribution in [0.25, 0.3) is 0 Å². The van der Waals surface area contributed by atoms with Crippen LogP contribution >= 0.6 is 0 Å². The van der Waals surface area contributed by atoms with E-state index in [1.165, 1.54) is 23.1 Å². The molecule has 2 aromatic rings. The minimum absolute atomic E-state index is 0.0430. The maximum Gasteiger partial charge on any atom is 0.257 e. The lowest BCUT2D eigenvalue weighted by Gasteiger charge is -2.28. The van der Waals surface area contributed by atoms with E-state index >= 15 is 0 Å². The van der Waals surface area contributed by atoms with Gasteiger partial charge >= 0.3 is 0 Å². The minimum Gasteiger partial charge on any atom is -0.497 e. The Kier molecular flexibility index (Phi) is 5.27. The molecule has 1 fully saturated rings. The highest BCUT2D eigenvalue weighted by atomic mass is 32.2. The van der Waals surface area contributed by atoms with Crippen molar-refractivity contribution in [1.82, 2.24) is 4.90 Å². The van der Waals surface area contributed by atoms with Gasteiger partial charge < -0.3 is 9.64 Å². The van der Waals surface area contributed by atoms with E-state index < -0.39 is 27.6 Å². The van der Waals surface area contributed by atoms with Gasteiger partial charge in [0.2, 0.25) is 0 Å². The molecular weight excluding hydrogens is 357 g/mol. The molecule has 1 amide bonds. The van der Waals surface area contributed by atoms with Crippen molar-refractivity contribution >= 4 is 15.7 Å². The molecule has 1 saturated heterocycles. The van der Waals surface area contributed by atoms with Gasteiger partial charge in [0.15, 0.2) is 9.84 Å². The molecule has 1 aliphatic heterocycles. The third-order valence-corrected chi connectivity index (χ3v) is 6.28. The largest absolute Gasteiger partial charge is 0.497 e. The quantitative estimate of drug-likeness (QED) is 0.804. The fraction of sp³-hybridized carbons (Fsp3) is 0.316. The van der Waals surface area contributed by atoms with Crippen molar-refractivity contribution in [3.63, 3.8) is 0 Å². The van der Waals surface area contributed by atoms with Crippen molar-refractivity contribution in [2.75, 3.05) is 18.6 Å². The summed E-state index contributed by atoms with van der Waals surface area (Å²) in [7, 11) is -1.61. The number of benzene rings is 2. The Hall–Kier alpha value is -2.41. The van der Waals surface area contributed by atoms with Crippen LogP contribution < -0.4 is 4.74 Å². The standard InChI is InChI=1S/C19H20FNO4S/c1-25-16-8-6-14(7-9-16)12-21(15-10-11-26(23,24)13-15)19(22)17-4-2-3-5-18(17)20/h2-9,15H,10-13H2,1H3/t15-/m0/s1. The summed E-state index contributed by atoms with van der Waals surface area (Å²) in [5.41, 5.74) is 0.769. The second kappa shape index (κ2) is 7.45. The van der Waals surface area contributed by atoms with E-state index in [0.717, 1.165) is 5.56 Å². The van der Waals surface area contributed by atoms with Gasteiger partial charge in [0.25, 0.3) is 5.91 Å². The normalized spacial score (nSPS) is 18.5. The summed E-state index contributed by atoms with van der Waals surface area (Å²) in [4.78, 5) is 14.4. The summed E-state index contributed by atoms with van der Waals surface area (Å²) >= 11 is 0. The van der Waals surface area contributed by atoms with Crippen LogP contribution in [0.2, 0.25) is 0 Å². The Balaban J connectivity index is 1.91. The monoisotopic (exact) mass is 377 g/mol. The molecule has 0 aliphatic carbocycles. The summed E-state index contributed by atoms with van der Waals surface area (Å²) in [6, 6.07) is 12.4. The first-order valence-corrected chi connectivity index (χ1v) is 10.1. The minimum atomic E-state index is -3.18. The zero-order valence-electron chi connectivity index (χ0n) is 14.4. The Morgan fingerprint density at radius 2 is 1.88 bits per heavy atom. The van der Waals surface area contributed by atoms with Crippen LogP contribution in [0.1, 0.15) is 22.3 Å². The second-order valence-corrected chi connectivity index (χ2v) is 8.55. The smallest absolute Gasteiger partial charge is 0.257 e. The molecule has 1 atom stereocenters. The fourth-order valence-corrected chi connectivity index (χ4v) is 4.84. The van der Waals surface area contributed by atoms with Gasteiger partial charge in [0, 0.05) is 12.6 Å². The Bertz CT molecular complexity index is 896. The Morgan fingerprint density at radius 3 is 2.46 bits per heavy atom. The van der Waals surface area contributed by atoms with Crippen molar-refractivity contribution < 1.29 is 22.3 Å². The van der Waals surface area contributed by atoms with Crippen LogP contribution in [0.3, 0.4) is 0 Å². The number of rotatable bonds is 5. The molecule has 26 heavy (non-hydrogen) atoms. The molecule has 0 N–H and O–H groups in total. The van der Waals surface area contributed by atoms with E-state index in [2.05, 4.69) is 0 Å². The van der Waals surface area contributed by atoms with Crippen molar-refractivity contribution in [2.24, 2.45) is 0 Å². The van der Waals surface area contributed by atoms with Gasteiger partial charge in [-0.2, -0.15) is 0 Å². The zero-order valence-corrected chi connectivity index (χ0v) is 15.2. The molecule has 3 rings (SSSR count). The van der Waals surface area contributed by atoms with E-state index in [-0.39, 0.29) is 23.6 Å². The first-order valence-electron chi connectivity index (χ1n) is 8.28. The molecule has 0 saturated carbocycles. The van der Waals surface area contributed by atoms with E-state index in [1.54, 1.807) is 25.3 Å². The van der Waals surface area contributed by atoms with Crippen LogP contribution in [0.15, 0.2) is 48.5 Å². The average Bonchev–Trinajstić information content (AvgIpc) is 2.99. The van der Waals surface area contributed by atoms with Crippen molar-refractivity contribution in [2.45, 2.75) is 19.0 Å². The van der Waals surface area contributed by atoms with Crippen molar-refractivity contribution in [3.8, 4) is 5.75 Å². The first kappa shape index (κ1) is 18.4. The number of methoxy groups -OCH3 is 1. The SMILES string of the molecule is COc1ccc(CN(C(=O)c2ccccc2F)[C@H]2CCS(=O)(=O)C2)cc1. The number of nitrogens with zero attached hydrogens (tertiary/aromatic N) is 1. The fourth-order valence-electron chi connectivity index (χ4n) is 3.10. The number of halogens is 1. The predicted molar refractivity (Wildman–Crippen MR) is 96.3 cm³/mol. The molecule has 0 radical (unpaired) electrons. The van der Waals surface area contributed by atoms with Crippen molar-refractivity contribution in [3.05, 3.63) is 65.5 Å². The Morgan fingerprint density at radius 1 is 1.19 bits per heavy atom. The van der Waals surface area contributed by atoms with Crippen LogP contribution in [-0.4, -0.2) is 43.9 Å². The molecule has 0 unspecified atom stereocenters. The third kappa shape index (κ3) is 4.04. The molecule has 0 bridgehead atoms. The first-order chi connectivity index (χ1) is 12.4. The van der Waals surface area contributed by atoms with Gasteiger partial charge in [-0.15, -0.1) is 0 Å². The molecular formula is C19H20FNO4S. The lowest BCUT2D eigenvalue weighted by Crippen LogP contribution is -2.41. The maximum atomic E-state index is 14.1. The zero-order chi connectivity index (χ0) is 18.7. The van der Waals surface area contributed by atoms with Crippen LogP contribution in [0.4, 0.5) is 4.39 Å². The van der Waals surface area contributed by atoms with Crippen molar-refractivity contribution in [1.29, 1.82) is 0 Å². The summed E-state index contributed by atoms with van der Waals surface area (Å²) in [6.07, 6.45) is 0.360. The van der Waals surface area contributed by atoms with Gasteiger partial charge in [-0.05, 0) is 36.2 Å². The third-order valence-electron chi connectivity index (χ3n) is 4.53. The van der Waals surface area contributed by atoms with E-state index in [4.69, 9.17) is 4.74 Å². The maximum absolute atomic E-state index is 14.1. The molecule has 1 heterocycles. The number of sulfone groups is 1. The summed E-state index contributed by atoms with van der Waals surface area (Å²) in [6.45, 7) is 0.206. The van der Waals surface area contributed by atoms with E-state index in [9.17, 15) is 17.6 Å². The van der Waals surface area contributed by atoms with E-state index in [0.29, 0.717) is 12.2 Å². The molecule has 7 heteroatoms. The average molecular weight is 377 g/mol. The van der Waals surface area contributed by atoms with Crippen LogP contribution in [0, 0.1) is 5.82 Å². The Labute approximate surface area is 152 Å². The summed E-state index contributed by atoms with van der Waals surface area (Å²) in [5.74, 6) is -0.478. The predicted octanol–water partition coefficient (Wildman–Crippen LogP) is 2.66. The van der Waals surface area contributed by atoms with Gasteiger partial charge in [-0.25, -0.2) is 12.8 Å². The highest BCUT2D eigenvalue weighted by Crippen LogP contribution is 2.24. The number of carbonyl (C=O) groups excluding carboxylic acids is 1. The molecule has 5 nitrogen and oxygen atoms in total. The lowest BCUT2D eigenvalue weighted by atomic mass is 10.1. The number of amides is 1. The summed E-state index contributed by atoms with van der Waals surface area (Å²) in [5, 5.41) is 0. The molecule has 2 aromatic carbocycles. The number of carbonyl (C=O) groups is 1. The highest BCUT2D eigenvalue weighted by Gasteiger charge is 2.35. The second-order valence-electron chi connectivity index (χ2n) is 6.32. The summed E-state index contributed by atoms with van der Waals surface area (Å²) < 4.78 is 43.0. The van der Waals surface area contributed by atoms with Crippen LogP contribution in [0.5, 0.6) is 5.75 Å². The van der Waals surface area contributed by atoms with Gasteiger partial charge in [0.05, 0.1) is 24.2 Å². The highest BCUT2D eigenvalue weighted by molar-refractivity contribution is 7.91. The lowest BCUT2D eigenvalue weighted by molar-refractivity contribution is 0.0676. The van der Waals surface area contributed by atoms with E-state index in [1.807, 2.05) is 12.1 Å². The molecule has 138 valence electrons. The molecule has 1 aliphatic rings.